The number of carbonyl (C=O) groups excluding carboxylic acids is 1. The van der Waals surface area contributed by atoms with Crippen molar-refractivity contribution < 1.29 is 22.7 Å². The van der Waals surface area contributed by atoms with Crippen molar-refractivity contribution in [3.8, 4) is 0 Å². The van der Waals surface area contributed by atoms with E-state index in [4.69, 9.17) is 4.74 Å². The Morgan fingerprint density at radius 1 is 1.50 bits per heavy atom. The summed E-state index contributed by atoms with van der Waals surface area (Å²) in [6, 6.07) is 0.556. The van der Waals surface area contributed by atoms with Crippen LogP contribution in [0.5, 0.6) is 0 Å². The molecule has 1 atom stereocenters. The van der Waals surface area contributed by atoms with Crippen molar-refractivity contribution in [2.24, 2.45) is 0 Å². The summed E-state index contributed by atoms with van der Waals surface area (Å²) in [6.45, 7) is 1.80. The van der Waals surface area contributed by atoms with Gasteiger partial charge < -0.3 is 15.0 Å². The largest absolute Gasteiger partial charge is 0.431 e. The second-order valence-corrected chi connectivity index (χ2v) is 5.12. The molecule has 4 nitrogen and oxygen atoms in total. The second kappa shape index (κ2) is 5.12. The summed E-state index contributed by atoms with van der Waals surface area (Å²) >= 11 is 0. The van der Waals surface area contributed by atoms with Gasteiger partial charge in [0.1, 0.15) is 5.69 Å². The maximum atomic E-state index is 12.5. The molecule has 2 N–H and O–H groups in total. The van der Waals surface area contributed by atoms with Gasteiger partial charge in [-0.15, -0.1) is 0 Å². The van der Waals surface area contributed by atoms with E-state index in [1.165, 1.54) is 0 Å². The van der Waals surface area contributed by atoms with Gasteiger partial charge in [0.25, 0.3) is 5.91 Å². The molecular weight excluding hydrogens is 273 g/mol. The van der Waals surface area contributed by atoms with E-state index in [9.17, 15) is 18.0 Å². The van der Waals surface area contributed by atoms with Gasteiger partial charge in [-0.3, -0.25) is 4.79 Å². The minimum absolute atomic E-state index is 0.0326. The van der Waals surface area contributed by atoms with Crippen LogP contribution in [0.25, 0.3) is 0 Å². The van der Waals surface area contributed by atoms with Crippen molar-refractivity contribution in [3.05, 3.63) is 23.5 Å². The minimum Gasteiger partial charge on any atom is -0.376 e. The predicted molar refractivity (Wildman–Crippen MR) is 66.3 cm³/mol. The van der Waals surface area contributed by atoms with Gasteiger partial charge in [0.2, 0.25) is 0 Å². The van der Waals surface area contributed by atoms with Gasteiger partial charge in [-0.25, -0.2) is 0 Å². The third kappa shape index (κ3) is 2.67. The topological polar surface area (TPSA) is 54.1 Å². The van der Waals surface area contributed by atoms with Crippen LogP contribution in [-0.2, 0) is 10.9 Å². The number of hydrogen-bond donors (Lipinski definition) is 2. The van der Waals surface area contributed by atoms with E-state index in [-0.39, 0.29) is 11.6 Å². The highest BCUT2D eigenvalue weighted by atomic mass is 19.4. The monoisotopic (exact) mass is 290 g/mol. The molecule has 0 spiro atoms. The summed E-state index contributed by atoms with van der Waals surface area (Å²) in [4.78, 5) is 14.0. The molecule has 1 aliphatic rings. The molecule has 7 heteroatoms. The molecule has 2 rings (SSSR count). The summed E-state index contributed by atoms with van der Waals surface area (Å²) < 4.78 is 42.8. The number of hydrogen-bond acceptors (Lipinski definition) is 2. The third-order valence-electron chi connectivity index (χ3n) is 3.99. The highest BCUT2D eigenvalue weighted by molar-refractivity contribution is 5.94. The SMILES string of the molecule is COC1([C@H](C)NC(=O)c2c[nH]c(C(F)(F)F)c2)CCC1. The molecule has 0 aromatic carbocycles. The maximum absolute atomic E-state index is 12.5. The van der Waals surface area contributed by atoms with Gasteiger partial charge in [0.05, 0.1) is 17.2 Å². The lowest BCUT2D eigenvalue weighted by Gasteiger charge is -2.45. The van der Waals surface area contributed by atoms with Crippen LogP contribution in [0.4, 0.5) is 13.2 Å². The quantitative estimate of drug-likeness (QED) is 0.896. The van der Waals surface area contributed by atoms with E-state index < -0.39 is 23.4 Å². The van der Waals surface area contributed by atoms with Crippen LogP contribution >= 0.6 is 0 Å². The molecule has 1 aliphatic carbocycles. The zero-order chi connectivity index (χ0) is 15.0. The number of aromatic amines is 1. The highest BCUT2D eigenvalue weighted by Gasteiger charge is 2.43. The Bertz CT molecular complexity index is 487. The summed E-state index contributed by atoms with van der Waals surface area (Å²) in [5, 5.41) is 2.70. The summed E-state index contributed by atoms with van der Waals surface area (Å²) in [7, 11) is 1.58. The normalized spacial score (nSPS) is 19.2. The fourth-order valence-electron chi connectivity index (χ4n) is 2.44. The first-order valence-corrected chi connectivity index (χ1v) is 6.40. The minimum atomic E-state index is -4.48. The van der Waals surface area contributed by atoms with Crippen molar-refractivity contribution >= 4 is 5.91 Å². The summed E-state index contributed by atoms with van der Waals surface area (Å²) in [5.41, 5.74) is -1.35. The van der Waals surface area contributed by atoms with Gasteiger partial charge in [0.15, 0.2) is 0 Å². The Kier molecular flexibility index (Phi) is 3.82. The number of ether oxygens (including phenoxy) is 1. The smallest absolute Gasteiger partial charge is 0.376 e. The number of H-pyrrole nitrogens is 1. The van der Waals surface area contributed by atoms with E-state index in [1.807, 2.05) is 0 Å². The molecule has 0 radical (unpaired) electrons. The molecule has 0 unspecified atom stereocenters. The van der Waals surface area contributed by atoms with Crippen molar-refractivity contribution in [3.63, 3.8) is 0 Å². The summed E-state index contributed by atoms with van der Waals surface area (Å²) in [6.07, 6.45) is -0.717. The highest BCUT2D eigenvalue weighted by Crippen LogP contribution is 2.38. The van der Waals surface area contributed by atoms with Crippen LogP contribution in [-0.4, -0.2) is 29.6 Å². The van der Waals surface area contributed by atoms with Crippen LogP contribution in [0.2, 0.25) is 0 Å². The molecule has 0 saturated heterocycles. The van der Waals surface area contributed by atoms with Gasteiger partial charge in [-0.05, 0) is 32.3 Å². The Morgan fingerprint density at radius 3 is 2.55 bits per heavy atom. The first kappa shape index (κ1) is 14.9. The standard InChI is InChI=1S/C13H17F3N2O2/c1-8(12(20-2)4-3-5-12)18-11(19)9-6-10(17-7-9)13(14,15)16/h6-8,17H,3-5H2,1-2H3,(H,18,19)/t8-/m0/s1. The van der Waals surface area contributed by atoms with Gasteiger partial charge in [-0.1, -0.05) is 0 Å². The number of alkyl halides is 3. The number of amides is 1. The fourth-order valence-corrected chi connectivity index (χ4v) is 2.44. The second-order valence-electron chi connectivity index (χ2n) is 5.12. The number of rotatable bonds is 4. The zero-order valence-corrected chi connectivity index (χ0v) is 11.3. The van der Waals surface area contributed by atoms with E-state index >= 15 is 0 Å². The van der Waals surface area contributed by atoms with Crippen molar-refractivity contribution in [1.82, 2.24) is 10.3 Å². The molecule has 0 aliphatic heterocycles. The average Bonchev–Trinajstić information content (AvgIpc) is 2.76. The molecular formula is C13H17F3N2O2. The molecule has 1 aromatic heterocycles. The Morgan fingerprint density at radius 2 is 2.15 bits per heavy atom. The number of carbonyl (C=O) groups is 1. The Labute approximate surface area is 114 Å². The molecule has 20 heavy (non-hydrogen) atoms. The Balaban J connectivity index is 2.03. The average molecular weight is 290 g/mol. The van der Waals surface area contributed by atoms with Gasteiger partial charge in [-0.2, -0.15) is 13.2 Å². The Hall–Kier alpha value is -1.50. The number of methoxy groups -OCH3 is 1. The lowest BCUT2D eigenvalue weighted by atomic mass is 9.75. The molecule has 1 amide bonds. The van der Waals surface area contributed by atoms with E-state index in [2.05, 4.69) is 10.3 Å². The predicted octanol–water partition coefficient (Wildman–Crippen LogP) is 2.72. The first-order valence-electron chi connectivity index (χ1n) is 6.40. The molecule has 1 saturated carbocycles. The van der Waals surface area contributed by atoms with E-state index in [0.717, 1.165) is 31.5 Å². The van der Waals surface area contributed by atoms with Crippen LogP contribution in [0.3, 0.4) is 0 Å². The van der Waals surface area contributed by atoms with Crippen LogP contribution in [0, 0.1) is 0 Å². The van der Waals surface area contributed by atoms with Gasteiger partial charge >= 0.3 is 6.18 Å². The number of halogens is 3. The maximum Gasteiger partial charge on any atom is 0.431 e. The molecule has 1 fully saturated rings. The molecule has 112 valence electrons. The fraction of sp³-hybridized carbons (Fsp3) is 0.615. The third-order valence-corrected chi connectivity index (χ3v) is 3.99. The lowest BCUT2D eigenvalue weighted by Crippen LogP contribution is -2.56. The molecule has 1 aromatic rings. The van der Waals surface area contributed by atoms with Crippen molar-refractivity contribution in [2.45, 2.75) is 44.0 Å². The van der Waals surface area contributed by atoms with Crippen LogP contribution in [0.1, 0.15) is 42.2 Å². The van der Waals surface area contributed by atoms with E-state index in [0.29, 0.717) is 0 Å². The van der Waals surface area contributed by atoms with Gasteiger partial charge in [0, 0.05) is 13.3 Å². The van der Waals surface area contributed by atoms with Crippen molar-refractivity contribution in [2.75, 3.05) is 7.11 Å². The number of aromatic nitrogens is 1. The number of nitrogens with one attached hydrogen (secondary N) is 2. The molecule has 1 heterocycles. The van der Waals surface area contributed by atoms with Crippen molar-refractivity contribution in [1.29, 1.82) is 0 Å². The zero-order valence-electron chi connectivity index (χ0n) is 11.3. The van der Waals surface area contributed by atoms with Crippen LogP contribution < -0.4 is 5.32 Å². The first-order chi connectivity index (χ1) is 9.28. The van der Waals surface area contributed by atoms with Crippen LogP contribution in [0.15, 0.2) is 12.3 Å². The summed E-state index contributed by atoms with van der Waals surface area (Å²) in [5.74, 6) is -0.535. The lowest BCUT2D eigenvalue weighted by molar-refractivity contribution is -0.140. The molecule has 0 bridgehead atoms. The van der Waals surface area contributed by atoms with E-state index in [1.54, 1.807) is 14.0 Å².